The average Bonchev–Trinajstić information content (AvgIpc) is 1.75. The molecule has 0 aliphatic rings. The molecule has 2 nitrogen and oxygen atoms in total. The highest BCUT2D eigenvalue weighted by molar-refractivity contribution is 5.20. The normalized spacial score (nSPS) is 2.50. The van der Waals surface area contributed by atoms with E-state index in [0.29, 0.717) is 0 Å². The van der Waals surface area contributed by atoms with Gasteiger partial charge in [-0.2, -0.15) is 0 Å². The summed E-state index contributed by atoms with van der Waals surface area (Å²) in [5, 5.41) is 0. The second kappa shape index (κ2) is 43.1. The molecule has 8 heavy (non-hydrogen) atoms. The minimum absolute atomic E-state index is 0. The molecule has 0 spiro atoms. The lowest BCUT2D eigenvalue weighted by Gasteiger charge is -1.42. The molecular formula is C6H13O2+. The summed E-state index contributed by atoms with van der Waals surface area (Å²) in [6.45, 7) is 1.71. The fraction of sp³-hybridized carbons (Fsp3) is 0.333. The van der Waals surface area contributed by atoms with Gasteiger partial charge in [0.2, 0.25) is 0 Å². The van der Waals surface area contributed by atoms with E-state index >= 15 is 0 Å². The molecule has 0 unspecified atom stereocenters. The summed E-state index contributed by atoms with van der Waals surface area (Å²) in [5.41, 5.74) is 0. The Morgan fingerprint density at radius 1 is 1.62 bits per heavy atom. The van der Waals surface area contributed by atoms with Gasteiger partial charge in [-0.25, -0.2) is 0 Å². The summed E-state index contributed by atoms with van der Waals surface area (Å²) in [7, 11) is 0. The molecule has 0 bridgehead atoms. The zero-order valence-corrected chi connectivity index (χ0v) is 3.89. The predicted octanol–water partition coefficient (Wildman–Crippen LogP) is 1.95. The van der Waals surface area contributed by atoms with Gasteiger partial charge in [-0.1, -0.05) is 13.3 Å². The number of hydrogen-bond acceptors (Lipinski definition) is 2. The quantitative estimate of drug-likeness (QED) is 0.457. The molecule has 0 saturated carbocycles. The van der Waals surface area contributed by atoms with Crippen LogP contribution in [0.25, 0.3) is 0 Å². The first-order valence-corrected chi connectivity index (χ1v) is 1.46. The van der Waals surface area contributed by atoms with Crippen LogP contribution in [0, 0.1) is 34.1 Å². The van der Waals surface area contributed by atoms with Gasteiger partial charge in [0.1, 0.15) is 0 Å². The molecule has 0 heterocycles. The number of rotatable bonds is 0. The van der Waals surface area contributed by atoms with E-state index in [0.717, 1.165) is 0 Å². The van der Waals surface area contributed by atoms with Crippen LogP contribution in [0.15, 0.2) is 0 Å². The van der Waals surface area contributed by atoms with Crippen LogP contribution in [-0.4, -0.2) is 0 Å². The predicted molar refractivity (Wildman–Crippen MR) is 41.1 cm³/mol. The molecule has 0 N–H and O–H groups in total. The Labute approximate surface area is 54.0 Å². The molecule has 0 fully saturated rings. The summed E-state index contributed by atoms with van der Waals surface area (Å²) in [6, 6.07) is 0. The molecule has 0 aliphatic heterocycles. The molecule has 0 saturated heterocycles. The van der Waals surface area contributed by atoms with Crippen molar-refractivity contribution in [2.45, 2.75) is 14.4 Å². The van der Waals surface area contributed by atoms with Crippen molar-refractivity contribution in [3.05, 3.63) is 9.93 Å². The lowest BCUT2D eigenvalue weighted by molar-refractivity contribution is 1.92. The maximum atomic E-state index is 7.00. The van der Waals surface area contributed by atoms with E-state index in [-0.39, 0.29) is 11.7 Å². The first kappa shape index (κ1) is 15.9. The highest BCUT2D eigenvalue weighted by atomic mass is 16.7. The Morgan fingerprint density at radius 2 is 2.00 bits per heavy atom. The molecule has 2 heteroatoms. The van der Waals surface area contributed by atoms with Crippen molar-refractivity contribution in [2.75, 3.05) is 0 Å². The van der Waals surface area contributed by atoms with Gasteiger partial charge in [-0.3, -0.25) is 0 Å². The average molecular weight is 119 g/mol. The van der Waals surface area contributed by atoms with Crippen molar-refractivity contribution in [3.8, 4) is 24.2 Å². The smallest absolute Gasteiger partial charge is 0.106 e. The third-order valence-corrected chi connectivity index (χ3v) is 0.197. The SMILES string of the molecule is C.C#CC#CC.O=O.[2HH].[2HH].[H+]. The lowest BCUT2D eigenvalue weighted by Crippen LogP contribution is -1.36. The summed E-state index contributed by atoms with van der Waals surface area (Å²) >= 11 is 0. The van der Waals surface area contributed by atoms with Crippen molar-refractivity contribution in [1.82, 2.24) is 0 Å². The fourth-order valence-electron chi connectivity index (χ4n) is 0.0722. The Bertz CT molecular complexity index is 120. The number of terminal acetylenes is 1. The van der Waals surface area contributed by atoms with E-state index in [2.05, 4.69) is 17.8 Å². The van der Waals surface area contributed by atoms with Crippen molar-refractivity contribution < 1.29 is 4.28 Å². The monoisotopic (exact) mass is 119 g/mol. The maximum absolute atomic E-state index is 7.00. The van der Waals surface area contributed by atoms with E-state index in [9.17, 15) is 0 Å². The summed E-state index contributed by atoms with van der Waals surface area (Å²) in [6.07, 6.45) is 4.72. The van der Waals surface area contributed by atoms with Crippen LogP contribution < -0.4 is 0 Å². The first-order chi connectivity index (χ1) is 3.41. The second-order valence-corrected chi connectivity index (χ2v) is 0.519. The largest absolute Gasteiger partial charge is 1.00 e. The molecule has 0 aromatic rings. The van der Waals surface area contributed by atoms with Crippen LogP contribution in [-0.2, 0) is 0 Å². The second-order valence-electron chi connectivity index (χ2n) is 0.519. The van der Waals surface area contributed by atoms with Crippen molar-refractivity contribution in [1.29, 1.82) is 0 Å². The van der Waals surface area contributed by atoms with Crippen molar-refractivity contribution in [2.24, 2.45) is 0 Å². The molecule has 0 radical (unpaired) electrons. The molecule has 0 atom stereocenters. The molecule has 48 valence electrons. The van der Waals surface area contributed by atoms with Gasteiger partial charge in [-0.15, -0.1) is 6.42 Å². The Balaban J connectivity index is -0.00000000972. The molecule has 0 aromatic heterocycles. The van der Waals surface area contributed by atoms with Gasteiger partial charge in [-0.05, 0) is 18.8 Å². The van der Waals surface area contributed by atoms with Crippen molar-refractivity contribution >= 4 is 0 Å². The van der Waals surface area contributed by atoms with Crippen LogP contribution in [0.5, 0.6) is 0 Å². The fourth-order valence-corrected chi connectivity index (χ4v) is 0.0722. The van der Waals surface area contributed by atoms with Crippen LogP contribution in [0.1, 0.15) is 18.6 Å². The summed E-state index contributed by atoms with van der Waals surface area (Å²) in [5.74, 6) is 7.08. The third-order valence-electron chi connectivity index (χ3n) is 0.197. The topological polar surface area (TPSA) is 34.1 Å². The van der Waals surface area contributed by atoms with E-state index < -0.39 is 0 Å². The van der Waals surface area contributed by atoms with Gasteiger partial charge < -0.3 is 0 Å². The maximum Gasteiger partial charge on any atom is 1.00 e. The standard InChI is InChI=1S/C5H4.CH4.O2.2H2/c1-3-5-4-2;;1-2;;/h1H,2H3;1H4;;2*1H/p+1/i;;;2*1+1. The van der Waals surface area contributed by atoms with Crippen LogP contribution in [0.4, 0.5) is 0 Å². The molecule has 0 aromatic carbocycles. The summed E-state index contributed by atoms with van der Waals surface area (Å²) in [4.78, 5) is 14.0. The summed E-state index contributed by atoms with van der Waals surface area (Å²) < 4.78 is 0. The third kappa shape index (κ3) is 126. The van der Waals surface area contributed by atoms with Gasteiger partial charge >= 0.3 is 1.43 Å². The molecule has 0 amide bonds. The van der Waals surface area contributed by atoms with Crippen LogP contribution in [0.3, 0.4) is 0 Å². The van der Waals surface area contributed by atoms with Crippen molar-refractivity contribution in [3.63, 3.8) is 0 Å². The first-order valence-electron chi connectivity index (χ1n) is 1.46. The minimum Gasteiger partial charge on any atom is -0.106 e. The highest BCUT2D eigenvalue weighted by Crippen LogP contribution is 1.41. The van der Waals surface area contributed by atoms with Crippen LogP contribution >= 0.6 is 0 Å². The molecular weight excluding hydrogens is 104 g/mol. The van der Waals surface area contributed by atoms with E-state index in [1.54, 1.807) is 6.92 Å². The van der Waals surface area contributed by atoms with Crippen LogP contribution in [0.2, 0.25) is 0 Å². The van der Waals surface area contributed by atoms with E-state index in [1.807, 2.05) is 0 Å². The highest BCUT2D eigenvalue weighted by Gasteiger charge is 1.35. The lowest BCUT2D eigenvalue weighted by atomic mass is 10.6. The zero-order valence-electron chi connectivity index (χ0n) is 4.89. The molecule has 0 rings (SSSR count). The minimum atomic E-state index is 0. The number of hydrogen-bond donors (Lipinski definition) is 0. The van der Waals surface area contributed by atoms with E-state index in [1.165, 1.54) is 0 Å². The van der Waals surface area contributed by atoms with Gasteiger partial charge in [0, 0.05) is 12.8 Å². The Kier molecular flexibility index (Phi) is 85.5. The Hall–Kier alpha value is -1.28. The molecule has 0 aliphatic carbocycles. The Morgan fingerprint density at radius 3 is 2.00 bits per heavy atom. The van der Waals surface area contributed by atoms with Gasteiger partial charge in [0.25, 0.3) is 0 Å². The van der Waals surface area contributed by atoms with E-state index in [4.69, 9.17) is 16.4 Å². The van der Waals surface area contributed by atoms with Gasteiger partial charge in [0.15, 0.2) is 0 Å². The van der Waals surface area contributed by atoms with Gasteiger partial charge in [0.05, 0.1) is 0 Å². The zero-order chi connectivity index (χ0) is 6.12.